The van der Waals surface area contributed by atoms with Crippen molar-refractivity contribution < 1.29 is 4.74 Å². The van der Waals surface area contributed by atoms with Crippen LogP contribution in [0.15, 0.2) is 0 Å². The number of hydrogen-bond donors (Lipinski definition) is 0. The maximum absolute atomic E-state index is 5.79. The molecule has 0 aromatic carbocycles. The van der Waals surface area contributed by atoms with E-state index in [4.69, 9.17) is 4.74 Å². The Hall–Kier alpha value is -0.0800. The average molecular weight is 227 g/mol. The molecule has 0 saturated carbocycles. The molecule has 1 spiro atoms. The Bertz CT molecular complexity index is 205. The van der Waals surface area contributed by atoms with Crippen LogP contribution in [-0.4, -0.2) is 38.3 Å². The van der Waals surface area contributed by atoms with E-state index in [9.17, 15) is 0 Å². The van der Waals surface area contributed by atoms with Gasteiger partial charge in [0.1, 0.15) is 0 Å². The number of rotatable bonds is 0. The Morgan fingerprint density at radius 3 is 2.06 bits per heavy atom. The molecule has 2 saturated heterocycles. The lowest BCUT2D eigenvalue weighted by molar-refractivity contribution is -0.0975. The first-order valence-electron chi connectivity index (χ1n) is 6.78. The monoisotopic (exact) mass is 227 g/mol. The summed E-state index contributed by atoms with van der Waals surface area (Å²) in [5, 5.41) is 0. The van der Waals surface area contributed by atoms with Crippen molar-refractivity contribution in [2.75, 3.05) is 33.4 Å². The van der Waals surface area contributed by atoms with Crippen LogP contribution >= 0.6 is 0 Å². The van der Waals surface area contributed by atoms with Crippen molar-refractivity contribution in [3.05, 3.63) is 0 Å². The van der Waals surface area contributed by atoms with Crippen LogP contribution in [-0.2, 0) is 4.74 Å². The molecule has 2 fully saturated rings. The van der Waals surface area contributed by atoms with Crippen LogP contribution in [0.3, 0.4) is 0 Å². The molecular formula is C14H29NO. The van der Waals surface area contributed by atoms with Gasteiger partial charge in [-0.1, -0.05) is 27.7 Å². The van der Waals surface area contributed by atoms with Gasteiger partial charge in [-0.05, 0) is 50.2 Å². The zero-order valence-corrected chi connectivity index (χ0v) is 11.8. The molecule has 0 radical (unpaired) electrons. The van der Waals surface area contributed by atoms with Gasteiger partial charge in [0.05, 0.1) is 13.2 Å². The quantitative estimate of drug-likeness (QED) is 0.630. The van der Waals surface area contributed by atoms with E-state index in [0.717, 1.165) is 13.2 Å². The van der Waals surface area contributed by atoms with Gasteiger partial charge in [0.15, 0.2) is 0 Å². The van der Waals surface area contributed by atoms with Crippen molar-refractivity contribution in [2.24, 2.45) is 10.8 Å². The zero-order valence-electron chi connectivity index (χ0n) is 11.8. The number of likely N-dealkylation sites (tertiary alicyclic amines) is 1. The Labute approximate surface area is 101 Å². The van der Waals surface area contributed by atoms with E-state index in [1.807, 2.05) is 13.8 Å². The first-order chi connectivity index (χ1) is 7.52. The molecule has 0 N–H and O–H groups in total. The summed E-state index contributed by atoms with van der Waals surface area (Å²) in [5.41, 5.74) is 0.905. The third kappa shape index (κ3) is 3.46. The van der Waals surface area contributed by atoms with Crippen LogP contribution in [0.5, 0.6) is 0 Å². The van der Waals surface area contributed by atoms with E-state index in [1.165, 1.54) is 32.4 Å². The fraction of sp³-hybridized carbons (Fsp3) is 1.00. The van der Waals surface area contributed by atoms with Gasteiger partial charge in [0, 0.05) is 0 Å². The van der Waals surface area contributed by atoms with Crippen LogP contribution in [0, 0.1) is 10.8 Å². The second-order valence-corrected chi connectivity index (χ2v) is 6.14. The summed E-state index contributed by atoms with van der Waals surface area (Å²) >= 11 is 0. The second-order valence-electron chi connectivity index (χ2n) is 6.14. The lowest BCUT2D eigenvalue weighted by Crippen LogP contribution is -2.47. The number of piperidine rings is 1. The molecule has 2 nitrogen and oxygen atoms in total. The van der Waals surface area contributed by atoms with E-state index in [2.05, 4.69) is 25.8 Å². The summed E-state index contributed by atoms with van der Waals surface area (Å²) in [7, 11) is 2.22. The Morgan fingerprint density at radius 1 is 1.00 bits per heavy atom. The molecule has 2 aliphatic heterocycles. The minimum absolute atomic E-state index is 0.397. The van der Waals surface area contributed by atoms with Crippen LogP contribution in [0.25, 0.3) is 0 Å². The van der Waals surface area contributed by atoms with E-state index in [-0.39, 0.29) is 0 Å². The highest BCUT2D eigenvalue weighted by Gasteiger charge is 2.42. The van der Waals surface area contributed by atoms with Crippen molar-refractivity contribution in [1.82, 2.24) is 4.90 Å². The largest absolute Gasteiger partial charge is 0.380 e. The fourth-order valence-corrected chi connectivity index (χ4v) is 3.08. The topological polar surface area (TPSA) is 12.5 Å². The molecule has 96 valence electrons. The molecule has 0 amide bonds. The van der Waals surface area contributed by atoms with Crippen molar-refractivity contribution in [2.45, 2.75) is 47.0 Å². The lowest BCUT2D eigenvalue weighted by Gasteiger charge is -2.48. The summed E-state index contributed by atoms with van der Waals surface area (Å²) in [6, 6.07) is 0. The molecule has 2 aliphatic rings. The molecule has 2 heterocycles. The first kappa shape index (κ1) is 14.0. The van der Waals surface area contributed by atoms with Gasteiger partial charge in [-0.2, -0.15) is 0 Å². The maximum atomic E-state index is 5.79. The molecule has 2 rings (SSSR count). The fourth-order valence-electron chi connectivity index (χ4n) is 3.08. The van der Waals surface area contributed by atoms with Crippen molar-refractivity contribution in [3.8, 4) is 0 Å². The van der Waals surface area contributed by atoms with E-state index < -0.39 is 0 Å². The van der Waals surface area contributed by atoms with Crippen LogP contribution in [0.2, 0.25) is 0 Å². The number of nitrogens with zero attached hydrogens (tertiary/aromatic N) is 1. The highest BCUT2D eigenvalue weighted by Crippen LogP contribution is 2.45. The summed E-state index contributed by atoms with van der Waals surface area (Å²) in [4.78, 5) is 2.44. The van der Waals surface area contributed by atoms with E-state index >= 15 is 0 Å². The van der Waals surface area contributed by atoms with Gasteiger partial charge in [-0.15, -0.1) is 0 Å². The van der Waals surface area contributed by atoms with Gasteiger partial charge in [-0.25, -0.2) is 0 Å². The van der Waals surface area contributed by atoms with E-state index in [0.29, 0.717) is 10.8 Å². The van der Waals surface area contributed by atoms with Crippen molar-refractivity contribution in [1.29, 1.82) is 0 Å². The highest BCUT2D eigenvalue weighted by atomic mass is 16.5. The zero-order chi connectivity index (χ0) is 12.2. The number of hydrogen-bond acceptors (Lipinski definition) is 2. The molecule has 0 atom stereocenters. The summed E-state index contributed by atoms with van der Waals surface area (Å²) in [6.45, 7) is 13.1. The van der Waals surface area contributed by atoms with Gasteiger partial charge in [0.25, 0.3) is 0 Å². The molecule has 0 aromatic rings. The standard InChI is InChI=1S/C12H23NO.C2H6/c1-11(2)8-12(10-14-9-11)4-6-13(3)7-5-12;1-2/h4-10H2,1-3H3;1-2H3. The van der Waals surface area contributed by atoms with Crippen LogP contribution in [0.1, 0.15) is 47.0 Å². The summed E-state index contributed by atoms with van der Waals surface area (Å²) in [5.74, 6) is 0. The van der Waals surface area contributed by atoms with Crippen LogP contribution in [0.4, 0.5) is 0 Å². The molecule has 0 bridgehead atoms. The first-order valence-corrected chi connectivity index (χ1v) is 6.78. The van der Waals surface area contributed by atoms with Gasteiger partial charge < -0.3 is 9.64 Å². The third-order valence-electron chi connectivity index (χ3n) is 3.80. The third-order valence-corrected chi connectivity index (χ3v) is 3.80. The molecule has 2 heteroatoms. The maximum Gasteiger partial charge on any atom is 0.0523 e. The molecular weight excluding hydrogens is 198 g/mol. The van der Waals surface area contributed by atoms with Gasteiger partial charge in [-0.3, -0.25) is 0 Å². The van der Waals surface area contributed by atoms with Crippen molar-refractivity contribution in [3.63, 3.8) is 0 Å². The number of ether oxygens (including phenoxy) is 1. The normalized spacial score (nSPS) is 28.3. The Balaban J connectivity index is 0.000000606. The minimum atomic E-state index is 0.397. The second kappa shape index (κ2) is 5.50. The lowest BCUT2D eigenvalue weighted by atomic mass is 9.67. The van der Waals surface area contributed by atoms with E-state index in [1.54, 1.807) is 0 Å². The van der Waals surface area contributed by atoms with Crippen molar-refractivity contribution >= 4 is 0 Å². The minimum Gasteiger partial charge on any atom is -0.380 e. The Morgan fingerprint density at radius 2 is 1.56 bits per heavy atom. The predicted molar refractivity (Wildman–Crippen MR) is 69.7 cm³/mol. The van der Waals surface area contributed by atoms with Crippen LogP contribution < -0.4 is 0 Å². The van der Waals surface area contributed by atoms with Gasteiger partial charge >= 0.3 is 0 Å². The predicted octanol–water partition coefficient (Wildman–Crippen LogP) is 3.17. The summed E-state index contributed by atoms with van der Waals surface area (Å²) in [6.07, 6.45) is 4.01. The molecule has 0 unspecified atom stereocenters. The van der Waals surface area contributed by atoms with Gasteiger partial charge in [0.2, 0.25) is 0 Å². The highest BCUT2D eigenvalue weighted by molar-refractivity contribution is 4.92. The molecule has 0 aliphatic carbocycles. The Kier molecular flexibility index (Phi) is 4.81. The smallest absolute Gasteiger partial charge is 0.0523 e. The SMILES string of the molecule is CC.CN1CCC2(CC1)COCC(C)(C)C2. The summed E-state index contributed by atoms with van der Waals surface area (Å²) < 4.78 is 5.79. The molecule has 16 heavy (non-hydrogen) atoms. The average Bonchev–Trinajstić information content (AvgIpc) is 2.24. The molecule has 0 aromatic heterocycles.